The molecular formula is C11H20N4. The van der Waals surface area contributed by atoms with E-state index in [9.17, 15) is 0 Å². The van der Waals surface area contributed by atoms with E-state index in [1.54, 1.807) is 6.20 Å². The molecule has 0 amide bonds. The number of hydrogen-bond donors (Lipinski definition) is 1. The van der Waals surface area contributed by atoms with Crippen LogP contribution in [-0.2, 0) is 0 Å². The summed E-state index contributed by atoms with van der Waals surface area (Å²) >= 11 is 0. The summed E-state index contributed by atoms with van der Waals surface area (Å²) in [6.07, 6.45) is 1.76. The zero-order valence-electron chi connectivity index (χ0n) is 9.82. The van der Waals surface area contributed by atoms with Crippen LogP contribution in [0.1, 0.15) is 19.4 Å². The molecule has 15 heavy (non-hydrogen) atoms. The molecule has 0 radical (unpaired) electrons. The molecule has 1 rings (SSSR count). The van der Waals surface area contributed by atoms with Gasteiger partial charge in [-0.1, -0.05) is 13.8 Å². The second kappa shape index (κ2) is 6.35. The van der Waals surface area contributed by atoms with Crippen molar-refractivity contribution >= 4 is 5.82 Å². The number of aromatic nitrogens is 2. The average Bonchev–Trinajstić information content (AvgIpc) is 2.25. The molecule has 0 saturated heterocycles. The van der Waals surface area contributed by atoms with Gasteiger partial charge in [-0.25, -0.2) is 0 Å². The van der Waals surface area contributed by atoms with Gasteiger partial charge in [0.25, 0.3) is 0 Å². The SMILES string of the molecule is CCN(CC)CCNc1cc(C)cnn1. The zero-order valence-corrected chi connectivity index (χ0v) is 9.82. The van der Waals surface area contributed by atoms with Crippen molar-refractivity contribution in [1.82, 2.24) is 15.1 Å². The standard InChI is InChI=1S/C11H20N4/c1-4-15(5-2)7-6-12-11-8-10(3)9-13-14-11/h8-9H,4-7H2,1-3H3,(H,12,14). The van der Waals surface area contributed by atoms with E-state index in [2.05, 4.69) is 34.3 Å². The van der Waals surface area contributed by atoms with Crippen molar-refractivity contribution in [1.29, 1.82) is 0 Å². The van der Waals surface area contributed by atoms with Gasteiger partial charge in [-0.15, -0.1) is 5.10 Å². The number of nitrogens with one attached hydrogen (secondary N) is 1. The Morgan fingerprint density at radius 1 is 1.33 bits per heavy atom. The summed E-state index contributed by atoms with van der Waals surface area (Å²) in [6.45, 7) is 10.5. The minimum Gasteiger partial charge on any atom is -0.367 e. The van der Waals surface area contributed by atoms with Crippen LogP contribution in [0, 0.1) is 6.92 Å². The molecule has 0 atom stereocenters. The molecule has 4 nitrogen and oxygen atoms in total. The van der Waals surface area contributed by atoms with Gasteiger partial charge in [0, 0.05) is 13.1 Å². The van der Waals surface area contributed by atoms with Gasteiger partial charge >= 0.3 is 0 Å². The van der Waals surface area contributed by atoms with E-state index in [0.29, 0.717) is 0 Å². The quantitative estimate of drug-likeness (QED) is 0.770. The molecule has 0 aliphatic heterocycles. The Balaban J connectivity index is 2.31. The third-order valence-corrected chi connectivity index (χ3v) is 2.42. The monoisotopic (exact) mass is 208 g/mol. The number of likely N-dealkylation sites (N-methyl/N-ethyl adjacent to an activating group) is 1. The van der Waals surface area contributed by atoms with Crippen LogP contribution < -0.4 is 5.32 Å². The molecule has 0 aliphatic rings. The average molecular weight is 208 g/mol. The van der Waals surface area contributed by atoms with Crippen molar-refractivity contribution in [2.45, 2.75) is 20.8 Å². The summed E-state index contributed by atoms with van der Waals surface area (Å²) in [5.41, 5.74) is 1.13. The van der Waals surface area contributed by atoms with E-state index in [1.807, 2.05) is 13.0 Å². The Morgan fingerprint density at radius 2 is 2.07 bits per heavy atom. The number of rotatable bonds is 6. The van der Waals surface area contributed by atoms with Crippen molar-refractivity contribution in [2.75, 3.05) is 31.5 Å². The molecule has 1 aromatic rings. The first kappa shape index (κ1) is 11.9. The number of hydrogen-bond acceptors (Lipinski definition) is 4. The third-order valence-electron chi connectivity index (χ3n) is 2.42. The molecule has 84 valence electrons. The maximum absolute atomic E-state index is 4.01. The van der Waals surface area contributed by atoms with Gasteiger partial charge in [-0.2, -0.15) is 5.10 Å². The highest BCUT2D eigenvalue weighted by atomic mass is 15.2. The molecule has 0 bridgehead atoms. The molecule has 0 spiro atoms. The first-order valence-corrected chi connectivity index (χ1v) is 5.51. The van der Waals surface area contributed by atoms with Crippen molar-refractivity contribution < 1.29 is 0 Å². The van der Waals surface area contributed by atoms with Crippen LogP contribution in [0.5, 0.6) is 0 Å². The molecular weight excluding hydrogens is 188 g/mol. The second-order valence-electron chi connectivity index (χ2n) is 3.57. The Kier molecular flexibility index (Phi) is 5.04. The lowest BCUT2D eigenvalue weighted by molar-refractivity contribution is 0.316. The second-order valence-corrected chi connectivity index (χ2v) is 3.57. The Labute approximate surface area is 91.7 Å². The predicted octanol–water partition coefficient (Wildman–Crippen LogP) is 1.54. The molecule has 4 heteroatoms. The molecule has 1 aromatic heterocycles. The highest BCUT2D eigenvalue weighted by Crippen LogP contribution is 2.02. The van der Waals surface area contributed by atoms with Crippen LogP contribution in [-0.4, -0.2) is 41.3 Å². The molecule has 1 N–H and O–H groups in total. The van der Waals surface area contributed by atoms with Gasteiger partial charge in [0.1, 0.15) is 5.82 Å². The summed E-state index contributed by atoms with van der Waals surface area (Å²) in [7, 11) is 0. The Hall–Kier alpha value is -1.16. The first-order chi connectivity index (χ1) is 7.26. The van der Waals surface area contributed by atoms with Crippen LogP contribution in [0.3, 0.4) is 0 Å². The fourth-order valence-electron chi connectivity index (χ4n) is 1.43. The van der Waals surface area contributed by atoms with Gasteiger partial charge in [0.05, 0.1) is 6.20 Å². The molecule has 0 aliphatic carbocycles. The molecule has 0 unspecified atom stereocenters. The number of anilines is 1. The van der Waals surface area contributed by atoms with Crippen LogP contribution in [0.25, 0.3) is 0 Å². The maximum Gasteiger partial charge on any atom is 0.148 e. The van der Waals surface area contributed by atoms with E-state index in [0.717, 1.165) is 37.6 Å². The predicted molar refractivity (Wildman–Crippen MR) is 63.0 cm³/mol. The van der Waals surface area contributed by atoms with E-state index >= 15 is 0 Å². The van der Waals surface area contributed by atoms with Gasteiger partial charge in [-0.3, -0.25) is 0 Å². The van der Waals surface area contributed by atoms with Gasteiger partial charge in [0.2, 0.25) is 0 Å². The van der Waals surface area contributed by atoms with Crippen molar-refractivity contribution in [3.8, 4) is 0 Å². The van der Waals surface area contributed by atoms with Crippen LogP contribution in [0.2, 0.25) is 0 Å². The van der Waals surface area contributed by atoms with E-state index in [-0.39, 0.29) is 0 Å². The lowest BCUT2D eigenvalue weighted by Crippen LogP contribution is -2.28. The van der Waals surface area contributed by atoms with Gasteiger partial charge in [0.15, 0.2) is 0 Å². The number of aryl methyl sites for hydroxylation is 1. The summed E-state index contributed by atoms with van der Waals surface area (Å²) < 4.78 is 0. The Morgan fingerprint density at radius 3 is 2.67 bits per heavy atom. The van der Waals surface area contributed by atoms with E-state index in [1.165, 1.54) is 0 Å². The summed E-state index contributed by atoms with van der Waals surface area (Å²) in [5.74, 6) is 0.863. The summed E-state index contributed by atoms with van der Waals surface area (Å²) in [5, 5.41) is 11.2. The molecule has 1 heterocycles. The lowest BCUT2D eigenvalue weighted by Gasteiger charge is -2.17. The van der Waals surface area contributed by atoms with Crippen LogP contribution >= 0.6 is 0 Å². The normalized spacial score (nSPS) is 10.7. The van der Waals surface area contributed by atoms with Crippen LogP contribution in [0.4, 0.5) is 5.82 Å². The molecule has 0 aromatic carbocycles. The van der Waals surface area contributed by atoms with Crippen molar-refractivity contribution in [2.24, 2.45) is 0 Å². The summed E-state index contributed by atoms with van der Waals surface area (Å²) in [6, 6.07) is 2.01. The maximum atomic E-state index is 4.01. The topological polar surface area (TPSA) is 41.0 Å². The van der Waals surface area contributed by atoms with Gasteiger partial charge < -0.3 is 10.2 Å². The lowest BCUT2D eigenvalue weighted by atomic mass is 10.3. The minimum atomic E-state index is 0.863. The summed E-state index contributed by atoms with van der Waals surface area (Å²) in [4.78, 5) is 2.37. The van der Waals surface area contributed by atoms with Crippen molar-refractivity contribution in [3.63, 3.8) is 0 Å². The van der Waals surface area contributed by atoms with Gasteiger partial charge in [-0.05, 0) is 31.6 Å². The number of nitrogens with zero attached hydrogens (tertiary/aromatic N) is 3. The zero-order chi connectivity index (χ0) is 11.1. The molecule has 0 saturated carbocycles. The highest BCUT2D eigenvalue weighted by Gasteiger charge is 1.99. The van der Waals surface area contributed by atoms with E-state index in [4.69, 9.17) is 0 Å². The fourth-order valence-corrected chi connectivity index (χ4v) is 1.43. The molecule has 0 fully saturated rings. The minimum absolute atomic E-state index is 0.863. The third kappa shape index (κ3) is 4.25. The Bertz CT molecular complexity index is 284. The van der Waals surface area contributed by atoms with E-state index < -0.39 is 0 Å². The van der Waals surface area contributed by atoms with Crippen molar-refractivity contribution in [3.05, 3.63) is 17.8 Å². The largest absolute Gasteiger partial charge is 0.367 e. The smallest absolute Gasteiger partial charge is 0.148 e. The van der Waals surface area contributed by atoms with Crippen LogP contribution in [0.15, 0.2) is 12.3 Å². The first-order valence-electron chi connectivity index (χ1n) is 5.51. The fraction of sp³-hybridized carbons (Fsp3) is 0.636. The highest BCUT2D eigenvalue weighted by molar-refractivity contribution is 5.34.